The summed E-state index contributed by atoms with van der Waals surface area (Å²) in [5, 5.41) is 13.3. The van der Waals surface area contributed by atoms with Gasteiger partial charge in [-0.15, -0.1) is 0 Å². The first-order valence-electron chi connectivity index (χ1n) is 11.0. The lowest BCUT2D eigenvalue weighted by molar-refractivity contribution is -0.132. The fourth-order valence-electron chi connectivity index (χ4n) is 4.52. The number of anilines is 1. The van der Waals surface area contributed by atoms with Crippen LogP contribution in [0.2, 0.25) is 0 Å². The van der Waals surface area contributed by atoms with Crippen molar-refractivity contribution in [3.63, 3.8) is 0 Å². The van der Waals surface area contributed by atoms with E-state index in [-0.39, 0.29) is 11.3 Å². The van der Waals surface area contributed by atoms with Crippen molar-refractivity contribution in [2.75, 3.05) is 4.90 Å². The Bertz CT molecular complexity index is 1380. The van der Waals surface area contributed by atoms with Gasteiger partial charge in [0.15, 0.2) is 0 Å². The van der Waals surface area contributed by atoms with E-state index in [0.717, 1.165) is 28.3 Å². The minimum absolute atomic E-state index is 0.101. The Balaban J connectivity index is 1.76. The van der Waals surface area contributed by atoms with E-state index in [1.54, 1.807) is 18.2 Å². The Kier molecular flexibility index (Phi) is 5.27. The van der Waals surface area contributed by atoms with E-state index in [1.807, 2.05) is 78.9 Å². The van der Waals surface area contributed by atoms with Gasteiger partial charge < -0.3 is 5.11 Å². The first-order valence-corrected chi connectivity index (χ1v) is 11.0. The highest BCUT2D eigenvalue weighted by Crippen LogP contribution is 2.42. The van der Waals surface area contributed by atoms with Crippen molar-refractivity contribution in [1.82, 2.24) is 0 Å². The highest BCUT2D eigenvalue weighted by atomic mass is 16.3. The molecule has 33 heavy (non-hydrogen) atoms. The maximum atomic E-state index is 13.3. The molecule has 1 aliphatic heterocycles. The highest BCUT2D eigenvalue weighted by molar-refractivity contribution is 6.51. The summed E-state index contributed by atoms with van der Waals surface area (Å²) in [6.45, 7) is 2.07. The molecule has 0 bridgehead atoms. The molecular formula is C29H23NO3. The van der Waals surface area contributed by atoms with Crippen LogP contribution >= 0.6 is 0 Å². The van der Waals surface area contributed by atoms with Crippen molar-refractivity contribution in [2.45, 2.75) is 19.4 Å². The maximum absolute atomic E-state index is 13.3. The Morgan fingerprint density at radius 3 is 2.21 bits per heavy atom. The predicted molar refractivity (Wildman–Crippen MR) is 131 cm³/mol. The molecule has 1 unspecified atom stereocenters. The number of carbonyl (C=O) groups excluding carboxylic acids is 2. The van der Waals surface area contributed by atoms with Crippen molar-refractivity contribution in [2.24, 2.45) is 0 Å². The fourth-order valence-corrected chi connectivity index (χ4v) is 4.52. The van der Waals surface area contributed by atoms with Crippen LogP contribution < -0.4 is 4.90 Å². The van der Waals surface area contributed by atoms with Crippen LogP contribution in [0.3, 0.4) is 0 Å². The van der Waals surface area contributed by atoms with Crippen LogP contribution in [-0.2, 0) is 16.0 Å². The number of para-hydroxylation sites is 1. The minimum Gasteiger partial charge on any atom is -0.507 e. The van der Waals surface area contributed by atoms with Gasteiger partial charge in [0.2, 0.25) is 0 Å². The average Bonchev–Trinajstić information content (AvgIpc) is 3.14. The van der Waals surface area contributed by atoms with Gasteiger partial charge in [-0.1, -0.05) is 91.9 Å². The lowest BCUT2D eigenvalue weighted by Crippen LogP contribution is -2.29. The molecule has 1 heterocycles. The molecule has 1 fully saturated rings. The monoisotopic (exact) mass is 433 g/mol. The summed E-state index contributed by atoms with van der Waals surface area (Å²) in [5.74, 6) is -1.49. The van der Waals surface area contributed by atoms with Crippen LogP contribution in [0, 0.1) is 0 Å². The standard InChI is InChI=1S/C29H23NO3/c1-2-19-15-17-21(18-16-19)26-25(28(32)29(33)30(26)22-11-4-3-5-12-22)27(31)24-14-8-10-20-9-6-7-13-23(20)24/h3-18,26,31H,2H2,1H3/b27-25-. The SMILES string of the molecule is CCc1ccc(C2/C(=C(/O)c3cccc4ccccc34)C(=O)C(=O)N2c2ccccc2)cc1. The number of hydrogen-bond donors (Lipinski definition) is 1. The van der Waals surface area contributed by atoms with Crippen molar-refractivity contribution in [3.05, 3.63) is 119 Å². The number of amides is 1. The summed E-state index contributed by atoms with van der Waals surface area (Å²) < 4.78 is 0. The summed E-state index contributed by atoms with van der Waals surface area (Å²) in [6.07, 6.45) is 0.884. The van der Waals surface area contributed by atoms with Crippen LogP contribution in [0.5, 0.6) is 0 Å². The number of aryl methyl sites for hydroxylation is 1. The molecule has 1 saturated heterocycles. The number of carbonyl (C=O) groups is 2. The van der Waals surface area contributed by atoms with Gasteiger partial charge in [0.05, 0.1) is 11.6 Å². The average molecular weight is 434 g/mol. The lowest BCUT2D eigenvalue weighted by atomic mass is 9.92. The molecule has 0 radical (unpaired) electrons. The molecule has 5 rings (SSSR count). The zero-order valence-electron chi connectivity index (χ0n) is 18.2. The summed E-state index contributed by atoms with van der Waals surface area (Å²) >= 11 is 0. The lowest BCUT2D eigenvalue weighted by Gasteiger charge is -2.25. The number of ketones is 1. The summed E-state index contributed by atoms with van der Waals surface area (Å²) in [6, 6.07) is 29.5. The van der Waals surface area contributed by atoms with Crippen molar-refractivity contribution in [1.29, 1.82) is 0 Å². The third kappa shape index (κ3) is 3.50. The van der Waals surface area contributed by atoms with Gasteiger partial charge in [0.25, 0.3) is 11.7 Å². The number of Topliss-reactive ketones (excluding diaryl/α,β-unsaturated/α-hetero) is 1. The van der Waals surface area contributed by atoms with Gasteiger partial charge in [0, 0.05) is 11.3 Å². The van der Waals surface area contributed by atoms with Crippen LogP contribution in [0.4, 0.5) is 5.69 Å². The predicted octanol–water partition coefficient (Wildman–Crippen LogP) is 6.03. The highest BCUT2D eigenvalue weighted by Gasteiger charge is 2.47. The number of benzene rings is 4. The number of aliphatic hydroxyl groups is 1. The van der Waals surface area contributed by atoms with Crippen molar-refractivity contribution < 1.29 is 14.7 Å². The van der Waals surface area contributed by atoms with Crippen LogP contribution in [0.15, 0.2) is 103 Å². The van der Waals surface area contributed by atoms with E-state index in [1.165, 1.54) is 4.90 Å². The van der Waals surface area contributed by atoms with E-state index < -0.39 is 17.7 Å². The van der Waals surface area contributed by atoms with Crippen LogP contribution in [0.25, 0.3) is 16.5 Å². The number of fused-ring (bicyclic) bond motifs is 1. The first-order chi connectivity index (χ1) is 16.1. The second kappa shape index (κ2) is 8.40. The third-order valence-electron chi connectivity index (χ3n) is 6.23. The zero-order valence-corrected chi connectivity index (χ0v) is 18.2. The van der Waals surface area contributed by atoms with Gasteiger partial charge in [0.1, 0.15) is 5.76 Å². The Morgan fingerprint density at radius 2 is 1.48 bits per heavy atom. The maximum Gasteiger partial charge on any atom is 0.300 e. The molecule has 1 atom stereocenters. The molecule has 1 aliphatic rings. The summed E-state index contributed by atoms with van der Waals surface area (Å²) in [5.41, 5.74) is 3.18. The summed E-state index contributed by atoms with van der Waals surface area (Å²) in [4.78, 5) is 28.1. The molecule has 0 spiro atoms. The molecule has 162 valence electrons. The van der Waals surface area contributed by atoms with Gasteiger partial charge in [-0.2, -0.15) is 0 Å². The second-order valence-corrected chi connectivity index (χ2v) is 8.13. The number of nitrogens with zero attached hydrogens (tertiary/aromatic N) is 1. The van der Waals surface area contributed by atoms with Crippen LogP contribution in [-0.4, -0.2) is 16.8 Å². The quantitative estimate of drug-likeness (QED) is 0.243. The molecule has 4 nitrogen and oxygen atoms in total. The van der Waals surface area contributed by atoms with Crippen LogP contribution in [0.1, 0.15) is 29.7 Å². The van der Waals surface area contributed by atoms with Crippen molar-refractivity contribution >= 4 is 33.9 Å². The normalized spacial score (nSPS) is 17.6. The van der Waals surface area contributed by atoms with E-state index in [2.05, 4.69) is 6.92 Å². The molecular weight excluding hydrogens is 410 g/mol. The number of aliphatic hydroxyl groups excluding tert-OH is 1. The fraction of sp³-hybridized carbons (Fsp3) is 0.103. The minimum atomic E-state index is -0.725. The number of rotatable bonds is 4. The molecule has 1 N–H and O–H groups in total. The van der Waals surface area contributed by atoms with Gasteiger partial charge in [-0.05, 0) is 40.5 Å². The Hall–Kier alpha value is -4.18. The van der Waals surface area contributed by atoms with E-state index in [9.17, 15) is 14.7 Å². The topological polar surface area (TPSA) is 57.6 Å². The second-order valence-electron chi connectivity index (χ2n) is 8.13. The van der Waals surface area contributed by atoms with E-state index in [4.69, 9.17) is 0 Å². The molecule has 4 aromatic carbocycles. The number of hydrogen-bond acceptors (Lipinski definition) is 3. The molecule has 1 amide bonds. The molecule has 4 aromatic rings. The van der Waals surface area contributed by atoms with Gasteiger partial charge in [-0.3, -0.25) is 14.5 Å². The van der Waals surface area contributed by atoms with E-state index >= 15 is 0 Å². The summed E-state index contributed by atoms with van der Waals surface area (Å²) in [7, 11) is 0. The molecule has 0 aliphatic carbocycles. The Morgan fingerprint density at radius 1 is 0.818 bits per heavy atom. The van der Waals surface area contributed by atoms with Crippen molar-refractivity contribution in [3.8, 4) is 0 Å². The first kappa shape index (κ1) is 20.7. The smallest absolute Gasteiger partial charge is 0.300 e. The largest absolute Gasteiger partial charge is 0.507 e. The molecule has 0 aromatic heterocycles. The zero-order chi connectivity index (χ0) is 22.9. The third-order valence-corrected chi connectivity index (χ3v) is 6.23. The molecule has 0 saturated carbocycles. The van der Waals surface area contributed by atoms with Gasteiger partial charge in [-0.25, -0.2) is 0 Å². The van der Waals surface area contributed by atoms with E-state index in [0.29, 0.717) is 11.3 Å². The van der Waals surface area contributed by atoms with Gasteiger partial charge >= 0.3 is 0 Å². The Labute approximate surface area is 192 Å². The molecule has 4 heteroatoms.